The number of aryl methyl sites for hydroxylation is 1. The number of rotatable bonds is 3. The fraction of sp³-hybridized carbons (Fsp3) is 0.150. The molecule has 0 aromatic heterocycles. The van der Waals surface area contributed by atoms with Gasteiger partial charge in [-0.05, 0) is 48.3 Å². The van der Waals surface area contributed by atoms with Gasteiger partial charge in [0.15, 0.2) is 0 Å². The lowest BCUT2D eigenvalue weighted by Gasteiger charge is -2.00. The van der Waals surface area contributed by atoms with Gasteiger partial charge in [0.1, 0.15) is 0 Å². The first-order chi connectivity index (χ1) is 10.3. The molecule has 1 nitrogen and oxygen atoms in total. The first kappa shape index (κ1) is 13.6. The smallest absolute Gasteiger partial charge is 0.0629 e. The van der Waals surface area contributed by atoms with Crippen LogP contribution in [0.15, 0.2) is 71.2 Å². The van der Waals surface area contributed by atoms with Gasteiger partial charge in [-0.15, -0.1) is 0 Å². The number of nitrogens with zero attached hydrogens (tertiary/aromatic N) is 1. The maximum absolute atomic E-state index is 4.63. The predicted molar refractivity (Wildman–Crippen MR) is 91.2 cm³/mol. The molecule has 1 aliphatic carbocycles. The molecule has 2 aromatic carbocycles. The summed E-state index contributed by atoms with van der Waals surface area (Å²) in [7, 11) is 0. The second-order valence-corrected chi connectivity index (χ2v) is 5.37. The molecular formula is C20H19N. The summed E-state index contributed by atoms with van der Waals surface area (Å²) in [5, 5.41) is 0. The average Bonchev–Trinajstić information content (AvgIpc) is 2.85. The van der Waals surface area contributed by atoms with Crippen molar-refractivity contribution < 1.29 is 0 Å². The van der Waals surface area contributed by atoms with E-state index in [4.69, 9.17) is 0 Å². The van der Waals surface area contributed by atoms with Crippen LogP contribution in [0.5, 0.6) is 0 Å². The second-order valence-electron chi connectivity index (χ2n) is 5.37. The highest BCUT2D eigenvalue weighted by molar-refractivity contribution is 5.99. The van der Waals surface area contributed by atoms with Gasteiger partial charge in [0.2, 0.25) is 0 Å². The lowest BCUT2D eigenvalue weighted by molar-refractivity contribution is 1.27. The molecule has 0 amide bonds. The van der Waals surface area contributed by atoms with Crippen molar-refractivity contribution in [2.45, 2.75) is 20.3 Å². The third kappa shape index (κ3) is 2.87. The summed E-state index contributed by atoms with van der Waals surface area (Å²) in [6.07, 6.45) is 7.25. The average molecular weight is 273 g/mol. The Bertz CT molecular complexity index is 731. The van der Waals surface area contributed by atoms with E-state index in [2.05, 4.69) is 79.5 Å². The van der Waals surface area contributed by atoms with E-state index in [0.29, 0.717) is 0 Å². The Morgan fingerprint density at radius 2 is 1.76 bits per heavy atom. The molecule has 0 atom stereocenters. The van der Waals surface area contributed by atoms with Crippen LogP contribution in [0.25, 0.3) is 5.57 Å². The van der Waals surface area contributed by atoms with Crippen molar-refractivity contribution in [3.63, 3.8) is 0 Å². The Hall–Kier alpha value is -2.41. The third-order valence-electron chi connectivity index (χ3n) is 3.77. The zero-order chi connectivity index (χ0) is 14.7. The van der Waals surface area contributed by atoms with E-state index in [-0.39, 0.29) is 0 Å². The monoisotopic (exact) mass is 273 g/mol. The highest BCUT2D eigenvalue weighted by atomic mass is 14.7. The summed E-state index contributed by atoms with van der Waals surface area (Å²) in [6, 6.07) is 16.9. The summed E-state index contributed by atoms with van der Waals surface area (Å²) in [5.74, 6) is 0. The summed E-state index contributed by atoms with van der Waals surface area (Å²) < 4.78 is 0. The van der Waals surface area contributed by atoms with Crippen LogP contribution >= 0.6 is 0 Å². The van der Waals surface area contributed by atoms with Crippen molar-refractivity contribution in [1.82, 2.24) is 0 Å². The highest BCUT2D eigenvalue weighted by Gasteiger charge is 2.17. The molecule has 0 spiro atoms. The van der Waals surface area contributed by atoms with Crippen molar-refractivity contribution in [2.24, 2.45) is 4.99 Å². The Morgan fingerprint density at radius 3 is 2.52 bits per heavy atom. The molecule has 0 unspecified atom stereocenters. The topological polar surface area (TPSA) is 12.4 Å². The van der Waals surface area contributed by atoms with Crippen LogP contribution in [0.3, 0.4) is 0 Å². The fourth-order valence-corrected chi connectivity index (χ4v) is 2.67. The number of hydrogen-bond donors (Lipinski definition) is 0. The number of aliphatic imine (C=N–C) groups is 1. The Kier molecular flexibility index (Phi) is 3.83. The minimum Gasteiger partial charge on any atom is -0.257 e. The van der Waals surface area contributed by atoms with E-state index in [1.54, 1.807) is 0 Å². The molecule has 21 heavy (non-hydrogen) atoms. The lowest BCUT2D eigenvalue weighted by atomic mass is 10.1. The van der Waals surface area contributed by atoms with Gasteiger partial charge in [0.05, 0.1) is 5.69 Å². The van der Waals surface area contributed by atoms with Crippen molar-refractivity contribution in [2.75, 3.05) is 0 Å². The van der Waals surface area contributed by atoms with E-state index in [1.807, 2.05) is 6.21 Å². The summed E-state index contributed by atoms with van der Waals surface area (Å²) >= 11 is 0. The van der Waals surface area contributed by atoms with Gasteiger partial charge in [-0.2, -0.15) is 0 Å². The summed E-state index contributed by atoms with van der Waals surface area (Å²) in [4.78, 5) is 4.63. The van der Waals surface area contributed by atoms with Gasteiger partial charge < -0.3 is 0 Å². The van der Waals surface area contributed by atoms with Crippen molar-refractivity contribution in [3.8, 4) is 0 Å². The van der Waals surface area contributed by atoms with Crippen molar-refractivity contribution >= 4 is 17.5 Å². The van der Waals surface area contributed by atoms with Crippen LogP contribution in [0, 0.1) is 6.92 Å². The summed E-state index contributed by atoms with van der Waals surface area (Å²) in [5.41, 5.74) is 7.57. The number of hydrogen-bond acceptors (Lipinski definition) is 1. The molecular weight excluding hydrogens is 254 g/mol. The molecule has 0 aliphatic heterocycles. The molecule has 0 radical (unpaired) electrons. The quantitative estimate of drug-likeness (QED) is 0.674. The van der Waals surface area contributed by atoms with Gasteiger partial charge >= 0.3 is 0 Å². The molecule has 104 valence electrons. The van der Waals surface area contributed by atoms with Crippen LogP contribution in [-0.2, 0) is 6.42 Å². The summed E-state index contributed by atoms with van der Waals surface area (Å²) in [6.45, 7) is 4.15. The Morgan fingerprint density at radius 1 is 1.00 bits per heavy atom. The highest BCUT2D eigenvalue weighted by Crippen LogP contribution is 2.33. The Balaban J connectivity index is 1.94. The van der Waals surface area contributed by atoms with Crippen LogP contribution in [-0.4, -0.2) is 6.21 Å². The lowest BCUT2D eigenvalue weighted by Crippen LogP contribution is -1.86. The minimum absolute atomic E-state index is 0.964. The van der Waals surface area contributed by atoms with Crippen LogP contribution in [0.1, 0.15) is 23.6 Å². The van der Waals surface area contributed by atoms with E-state index >= 15 is 0 Å². The van der Waals surface area contributed by atoms with Crippen LogP contribution in [0.4, 0.5) is 5.69 Å². The molecule has 0 heterocycles. The van der Waals surface area contributed by atoms with Gasteiger partial charge in [0.25, 0.3) is 0 Å². The van der Waals surface area contributed by atoms with Crippen LogP contribution in [0.2, 0.25) is 0 Å². The zero-order valence-corrected chi connectivity index (χ0v) is 12.5. The molecule has 3 rings (SSSR count). The normalized spacial score (nSPS) is 14.4. The SMILES string of the molecule is C/C=C\C1=C(C=Nc2ccc(C)cc2)Cc2ccccc21. The molecule has 0 bridgehead atoms. The van der Waals surface area contributed by atoms with Crippen molar-refractivity contribution in [1.29, 1.82) is 0 Å². The fourth-order valence-electron chi connectivity index (χ4n) is 2.67. The van der Waals surface area contributed by atoms with Crippen molar-refractivity contribution in [3.05, 3.63) is 82.9 Å². The number of fused-ring (bicyclic) bond motifs is 1. The molecule has 1 heteroatoms. The zero-order valence-electron chi connectivity index (χ0n) is 12.5. The van der Waals surface area contributed by atoms with E-state index in [0.717, 1.165) is 12.1 Å². The Labute approximate surface area is 126 Å². The molecule has 1 aliphatic rings. The number of benzene rings is 2. The number of allylic oxidation sites excluding steroid dienone is 4. The molecule has 0 saturated heterocycles. The first-order valence-electron chi connectivity index (χ1n) is 7.33. The maximum Gasteiger partial charge on any atom is 0.0629 e. The predicted octanol–water partition coefficient (Wildman–Crippen LogP) is 5.28. The molecule has 0 N–H and O–H groups in total. The second kappa shape index (κ2) is 5.92. The first-order valence-corrected chi connectivity index (χ1v) is 7.33. The van der Waals surface area contributed by atoms with E-state index in [9.17, 15) is 0 Å². The van der Waals surface area contributed by atoms with Gasteiger partial charge in [-0.3, -0.25) is 4.99 Å². The third-order valence-corrected chi connectivity index (χ3v) is 3.77. The van der Waals surface area contributed by atoms with Gasteiger partial charge in [-0.25, -0.2) is 0 Å². The van der Waals surface area contributed by atoms with Gasteiger partial charge in [0, 0.05) is 12.6 Å². The van der Waals surface area contributed by atoms with Crippen LogP contribution < -0.4 is 0 Å². The van der Waals surface area contributed by atoms with Gasteiger partial charge in [-0.1, -0.05) is 54.1 Å². The molecule has 0 fully saturated rings. The largest absolute Gasteiger partial charge is 0.257 e. The molecule has 0 saturated carbocycles. The molecule has 2 aromatic rings. The standard InChI is InChI=1S/C20H19N/c1-3-6-19-17(13-16-7-4-5-8-20(16)19)14-21-18-11-9-15(2)10-12-18/h3-12,14H,13H2,1-2H3/b6-3-,21-14?. The van der Waals surface area contributed by atoms with E-state index < -0.39 is 0 Å². The minimum atomic E-state index is 0.964. The maximum atomic E-state index is 4.63. The van der Waals surface area contributed by atoms with E-state index in [1.165, 1.54) is 27.8 Å².